The van der Waals surface area contributed by atoms with Crippen molar-refractivity contribution in [2.24, 2.45) is 10.7 Å². The maximum atomic E-state index is 11.2. The predicted octanol–water partition coefficient (Wildman–Crippen LogP) is 2.14. The molecule has 0 fully saturated rings. The summed E-state index contributed by atoms with van der Waals surface area (Å²) in [7, 11) is 0. The zero-order valence-corrected chi connectivity index (χ0v) is 11.4. The molecule has 0 amide bonds. The summed E-state index contributed by atoms with van der Waals surface area (Å²) in [5.74, 6) is -2.50. The van der Waals surface area contributed by atoms with Gasteiger partial charge in [0.1, 0.15) is 0 Å². The van der Waals surface area contributed by atoms with E-state index >= 15 is 0 Å². The topological polar surface area (TPSA) is 125 Å². The summed E-state index contributed by atoms with van der Waals surface area (Å²) >= 11 is 0. The third kappa shape index (κ3) is 3.60. The van der Waals surface area contributed by atoms with Crippen LogP contribution in [0, 0.1) is 0 Å². The Labute approximate surface area is 125 Å². The fourth-order valence-electron chi connectivity index (χ4n) is 1.76. The number of hydrogen-bond acceptors (Lipinski definition) is 3. The van der Waals surface area contributed by atoms with Gasteiger partial charge < -0.3 is 21.3 Å². The quantitative estimate of drug-likeness (QED) is 0.506. The number of hydrogen-bond donors (Lipinski definition) is 4. The molecule has 0 aliphatic carbocycles. The van der Waals surface area contributed by atoms with E-state index in [0.29, 0.717) is 5.69 Å². The Bertz CT molecular complexity index is 742. The molecule has 2 aromatic rings. The number of anilines is 1. The second-order valence-electron chi connectivity index (χ2n) is 4.33. The number of benzene rings is 2. The van der Waals surface area contributed by atoms with E-state index in [9.17, 15) is 9.59 Å². The number of aliphatic imine (C=N–C) groups is 1. The Hall–Kier alpha value is -3.35. The minimum Gasteiger partial charge on any atom is -0.478 e. The molecule has 0 bridgehead atoms. The molecule has 7 heteroatoms. The second kappa shape index (κ2) is 6.40. The van der Waals surface area contributed by atoms with E-state index in [1.54, 1.807) is 24.3 Å². The number of nitrogens with zero attached hydrogens (tertiary/aromatic N) is 1. The molecule has 2 rings (SSSR count). The standard InChI is InChI=1S/C15H13N3O4/c16-15(17-10-4-2-1-3-5-10)18-12-7-6-9(13(19)20)8-11(12)14(21)22/h1-8H,(H,19,20)(H,21,22)(H3,16,17,18). The highest BCUT2D eigenvalue weighted by molar-refractivity contribution is 6.00. The maximum Gasteiger partial charge on any atom is 0.337 e. The first-order valence-corrected chi connectivity index (χ1v) is 6.24. The van der Waals surface area contributed by atoms with Crippen molar-refractivity contribution >= 4 is 29.3 Å². The Morgan fingerprint density at radius 3 is 2.27 bits per heavy atom. The van der Waals surface area contributed by atoms with Gasteiger partial charge in [0.15, 0.2) is 5.96 Å². The van der Waals surface area contributed by atoms with Crippen LogP contribution < -0.4 is 11.1 Å². The van der Waals surface area contributed by atoms with Crippen molar-refractivity contribution in [3.63, 3.8) is 0 Å². The molecule has 0 unspecified atom stereocenters. The van der Waals surface area contributed by atoms with Gasteiger partial charge in [-0.15, -0.1) is 0 Å². The predicted molar refractivity (Wildman–Crippen MR) is 81.7 cm³/mol. The number of guanidine groups is 1. The molecule has 0 radical (unpaired) electrons. The van der Waals surface area contributed by atoms with Crippen LogP contribution in [0.25, 0.3) is 0 Å². The Morgan fingerprint density at radius 1 is 1.00 bits per heavy atom. The molecule has 0 aromatic heterocycles. The van der Waals surface area contributed by atoms with Gasteiger partial charge in [-0.1, -0.05) is 18.2 Å². The second-order valence-corrected chi connectivity index (χ2v) is 4.33. The van der Waals surface area contributed by atoms with E-state index < -0.39 is 11.9 Å². The van der Waals surface area contributed by atoms with Gasteiger partial charge >= 0.3 is 11.9 Å². The molecule has 0 aliphatic heterocycles. The number of aromatic carboxylic acids is 2. The van der Waals surface area contributed by atoms with E-state index in [1.807, 2.05) is 6.07 Å². The van der Waals surface area contributed by atoms with Crippen molar-refractivity contribution < 1.29 is 19.8 Å². The molecule has 7 nitrogen and oxygen atoms in total. The lowest BCUT2D eigenvalue weighted by Crippen LogP contribution is -2.22. The van der Waals surface area contributed by atoms with Gasteiger partial charge in [-0.3, -0.25) is 0 Å². The van der Waals surface area contributed by atoms with Crippen LogP contribution >= 0.6 is 0 Å². The third-order valence-corrected chi connectivity index (χ3v) is 2.76. The largest absolute Gasteiger partial charge is 0.478 e. The van der Waals surface area contributed by atoms with Crippen LogP contribution in [-0.4, -0.2) is 28.1 Å². The molecule has 112 valence electrons. The molecule has 0 atom stereocenters. The first kappa shape index (κ1) is 15.0. The van der Waals surface area contributed by atoms with Gasteiger partial charge in [0, 0.05) is 5.69 Å². The highest BCUT2D eigenvalue weighted by Gasteiger charge is 2.14. The molecule has 0 saturated carbocycles. The lowest BCUT2D eigenvalue weighted by molar-refractivity contribution is 0.0696. The molecule has 0 heterocycles. The zero-order chi connectivity index (χ0) is 16.1. The minimum absolute atomic E-state index is 0.00299. The number of carboxylic acid groups (broad SMARTS) is 2. The van der Waals surface area contributed by atoms with Gasteiger partial charge in [0.25, 0.3) is 0 Å². The van der Waals surface area contributed by atoms with Crippen LogP contribution in [0.15, 0.2) is 53.5 Å². The molecule has 5 N–H and O–H groups in total. The van der Waals surface area contributed by atoms with E-state index in [4.69, 9.17) is 15.9 Å². The van der Waals surface area contributed by atoms with Gasteiger partial charge in [-0.2, -0.15) is 0 Å². The van der Waals surface area contributed by atoms with Gasteiger partial charge in [-0.25, -0.2) is 14.6 Å². The fraction of sp³-hybridized carbons (Fsp3) is 0. The lowest BCUT2D eigenvalue weighted by atomic mass is 10.1. The Balaban J connectivity index is 2.33. The SMILES string of the molecule is NC(=Nc1ccc(C(=O)O)cc1C(=O)O)Nc1ccccc1. The number of rotatable bonds is 4. The lowest BCUT2D eigenvalue weighted by Gasteiger charge is -2.07. The van der Waals surface area contributed by atoms with Crippen molar-refractivity contribution in [2.45, 2.75) is 0 Å². The number of para-hydroxylation sites is 1. The monoisotopic (exact) mass is 299 g/mol. The Morgan fingerprint density at radius 2 is 1.68 bits per heavy atom. The van der Waals surface area contributed by atoms with E-state index in [-0.39, 0.29) is 22.8 Å². The van der Waals surface area contributed by atoms with Gasteiger partial charge in [-0.05, 0) is 30.3 Å². The van der Waals surface area contributed by atoms with Crippen molar-refractivity contribution in [3.05, 3.63) is 59.7 Å². The number of nitrogens with one attached hydrogen (secondary N) is 1. The Kier molecular flexibility index (Phi) is 4.38. The van der Waals surface area contributed by atoms with E-state index in [1.165, 1.54) is 12.1 Å². The number of carbonyl (C=O) groups is 2. The van der Waals surface area contributed by atoms with Crippen LogP contribution in [0.5, 0.6) is 0 Å². The van der Waals surface area contributed by atoms with Crippen LogP contribution in [0.1, 0.15) is 20.7 Å². The summed E-state index contributed by atoms with van der Waals surface area (Å²) in [4.78, 5) is 26.1. The summed E-state index contributed by atoms with van der Waals surface area (Å²) in [6.45, 7) is 0. The first-order valence-electron chi connectivity index (χ1n) is 6.24. The molecular formula is C15H13N3O4. The maximum absolute atomic E-state index is 11.2. The average Bonchev–Trinajstić information content (AvgIpc) is 2.48. The average molecular weight is 299 g/mol. The molecule has 22 heavy (non-hydrogen) atoms. The number of carboxylic acids is 2. The number of nitrogens with two attached hydrogens (primary N) is 1. The van der Waals surface area contributed by atoms with E-state index in [0.717, 1.165) is 6.07 Å². The molecule has 0 spiro atoms. The zero-order valence-electron chi connectivity index (χ0n) is 11.4. The van der Waals surface area contributed by atoms with Crippen molar-refractivity contribution in [2.75, 3.05) is 5.32 Å². The summed E-state index contributed by atoms with van der Waals surface area (Å²) in [6.07, 6.45) is 0. The fourth-order valence-corrected chi connectivity index (χ4v) is 1.76. The summed E-state index contributed by atoms with van der Waals surface area (Å²) in [5, 5.41) is 20.9. The molecule has 0 aliphatic rings. The smallest absolute Gasteiger partial charge is 0.337 e. The summed E-state index contributed by atoms with van der Waals surface area (Å²) in [6, 6.07) is 12.6. The molecular weight excluding hydrogens is 286 g/mol. The molecule has 0 saturated heterocycles. The van der Waals surface area contributed by atoms with Gasteiger partial charge in [0.2, 0.25) is 0 Å². The third-order valence-electron chi connectivity index (χ3n) is 2.76. The van der Waals surface area contributed by atoms with Gasteiger partial charge in [0.05, 0.1) is 16.8 Å². The highest BCUT2D eigenvalue weighted by atomic mass is 16.4. The minimum atomic E-state index is -1.28. The van der Waals surface area contributed by atoms with Crippen molar-refractivity contribution in [1.82, 2.24) is 0 Å². The van der Waals surface area contributed by atoms with Crippen LogP contribution in [-0.2, 0) is 0 Å². The van der Waals surface area contributed by atoms with Crippen LogP contribution in [0.3, 0.4) is 0 Å². The normalized spacial score (nSPS) is 11.0. The van der Waals surface area contributed by atoms with Crippen molar-refractivity contribution in [1.29, 1.82) is 0 Å². The van der Waals surface area contributed by atoms with Crippen LogP contribution in [0.4, 0.5) is 11.4 Å². The first-order chi connectivity index (χ1) is 10.5. The van der Waals surface area contributed by atoms with Crippen molar-refractivity contribution in [3.8, 4) is 0 Å². The summed E-state index contributed by atoms with van der Waals surface area (Å²) in [5.41, 5.74) is 6.13. The van der Waals surface area contributed by atoms with E-state index in [2.05, 4.69) is 10.3 Å². The molecule has 2 aromatic carbocycles. The van der Waals surface area contributed by atoms with Crippen LogP contribution in [0.2, 0.25) is 0 Å². The highest BCUT2D eigenvalue weighted by Crippen LogP contribution is 2.21. The summed E-state index contributed by atoms with van der Waals surface area (Å²) < 4.78 is 0.